The first kappa shape index (κ1) is 53.4. The van der Waals surface area contributed by atoms with Gasteiger partial charge in [0.15, 0.2) is 6.10 Å². The SMILES string of the molecule is CC/C=C/C=C/C=C/C=C/C=C/CCCC(=O)OC(COC(=O)CCCCCCCCCCCC/C=C/C/C=C/C/C=C/CC)COP(=O)(O)OC[C@@H](N)C(=O)O. The van der Waals surface area contributed by atoms with Gasteiger partial charge in [0.2, 0.25) is 0 Å². The molecule has 11 nitrogen and oxygen atoms in total. The zero-order valence-corrected chi connectivity index (χ0v) is 35.5. The molecule has 0 aliphatic heterocycles. The highest BCUT2D eigenvalue weighted by molar-refractivity contribution is 7.47. The number of phosphoric acid groups is 1. The van der Waals surface area contributed by atoms with Crippen LogP contribution < -0.4 is 5.73 Å². The molecule has 0 saturated heterocycles. The van der Waals surface area contributed by atoms with Crippen LogP contribution in [0.25, 0.3) is 0 Å². The predicted octanol–water partition coefficient (Wildman–Crippen LogP) is 10.9. The average Bonchev–Trinajstić information content (AvgIpc) is 3.19. The number of carboxylic acid groups (broad SMARTS) is 1. The highest BCUT2D eigenvalue weighted by Crippen LogP contribution is 2.43. The second-order valence-corrected chi connectivity index (χ2v) is 14.9. The molecule has 0 radical (unpaired) electrons. The van der Waals surface area contributed by atoms with Crippen molar-refractivity contribution in [3.05, 3.63) is 97.2 Å². The summed E-state index contributed by atoms with van der Waals surface area (Å²) in [7, 11) is -4.74. The van der Waals surface area contributed by atoms with Crippen molar-refractivity contribution < 1.29 is 47.5 Å². The summed E-state index contributed by atoms with van der Waals surface area (Å²) in [6.07, 6.45) is 49.2. The molecular formula is C45H72NO10P. The van der Waals surface area contributed by atoms with Crippen LogP contribution in [0.5, 0.6) is 0 Å². The molecule has 0 aromatic heterocycles. The van der Waals surface area contributed by atoms with Gasteiger partial charge in [0, 0.05) is 12.8 Å². The number of carboxylic acids is 1. The molecule has 2 unspecified atom stereocenters. The van der Waals surface area contributed by atoms with Crippen molar-refractivity contribution in [3.8, 4) is 0 Å². The number of allylic oxidation sites excluding steroid dienone is 16. The number of hydrogen-bond donors (Lipinski definition) is 3. The fraction of sp³-hybridized carbons (Fsp3) is 0.578. The molecule has 0 saturated carbocycles. The van der Waals surface area contributed by atoms with Gasteiger partial charge in [0.05, 0.1) is 13.2 Å². The average molecular weight is 818 g/mol. The molecule has 322 valence electrons. The van der Waals surface area contributed by atoms with Crippen molar-refractivity contribution in [2.75, 3.05) is 19.8 Å². The molecular weight excluding hydrogens is 745 g/mol. The maximum Gasteiger partial charge on any atom is 0.472 e. The van der Waals surface area contributed by atoms with E-state index in [1.54, 1.807) is 0 Å². The van der Waals surface area contributed by atoms with Gasteiger partial charge in [-0.2, -0.15) is 0 Å². The standard InChI is InChI=1S/C45H72NO10P/c1-3-5-7-9-11-13-15-17-18-19-20-21-22-23-25-26-28-30-32-34-36-43(47)53-38-41(39-54-57(51,52)55-40-42(46)45(49)50)56-44(48)37-35-33-31-29-27-24-16-14-12-10-8-6-4-2/h5-8,10-14,16-18,24,27,29,31,41-42H,3-4,9,15,19-23,25-26,28,30,32-40,46H2,1-2H3,(H,49,50)(H,51,52)/b7-5+,8-6+,12-10+,13-11+,16-14+,18-17+,27-24+,31-29+/t41?,42-/m1/s1. The first-order valence-corrected chi connectivity index (χ1v) is 22.3. The minimum atomic E-state index is -4.74. The summed E-state index contributed by atoms with van der Waals surface area (Å²) in [5.41, 5.74) is 5.32. The molecule has 0 aromatic rings. The van der Waals surface area contributed by atoms with Gasteiger partial charge in [-0.1, -0.05) is 162 Å². The molecule has 0 heterocycles. The van der Waals surface area contributed by atoms with E-state index in [9.17, 15) is 23.8 Å². The Bertz CT molecular complexity index is 1330. The van der Waals surface area contributed by atoms with Crippen LogP contribution in [0.2, 0.25) is 0 Å². The van der Waals surface area contributed by atoms with Gasteiger partial charge in [0.1, 0.15) is 12.6 Å². The number of aliphatic carboxylic acids is 1. The van der Waals surface area contributed by atoms with E-state index in [0.717, 1.165) is 51.4 Å². The van der Waals surface area contributed by atoms with Gasteiger partial charge in [0.25, 0.3) is 0 Å². The zero-order chi connectivity index (χ0) is 42.1. The molecule has 4 N–H and O–H groups in total. The quantitative estimate of drug-likeness (QED) is 0.0179. The van der Waals surface area contributed by atoms with Crippen LogP contribution >= 0.6 is 7.82 Å². The highest BCUT2D eigenvalue weighted by atomic mass is 31.2. The number of unbranched alkanes of at least 4 members (excludes halogenated alkanes) is 11. The van der Waals surface area contributed by atoms with Crippen molar-refractivity contribution >= 4 is 25.7 Å². The minimum absolute atomic E-state index is 0.0585. The Hall–Kier alpha value is -3.60. The Morgan fingerprint density at radius 2 is 1.04 bits per heavy atom. The van der Waals surface area contributed by atoms with Crippen molar-refractivity contribution in [1.29, 1.82) is 0 Å². The smallest absolute Gasteiger partial charge is 0.472 e. The number of esters is 2. The van der Waals surface area contributed by atoms with Crippen LogP contribution in [0.1, 0.15) is 136 Å². The monoisotopic (exact) mass is 817 g/mol. The van der Waals surface area contributed by atoms with Crippen LogP contribution in [0.15, 0.2) is 97.2 Å². The summed E-state index contributed by atoms with van der Waals surface area (Å²) < 4.78 is 32.5. The molecule has 0 fully saturated rings. The van der Waals surface area contributed by atoms with Gasteiger partial charge in [-0.25, -0.2) is 4.57 Å². The van der Waals surface area contributed by atoms with E-state index in [2.05, 4.69) is 60.9 Å². The van der Waals surface area contributed by atoms with E-state index < -0.39 is 51.1 Å². The third kappa shape index (κ3) is 39.0. The number of ether oxygens (including phenoxy) is 2. The van der Waals surface area contributed by atoms with Crippen LogP contribution in [0.4, 0.5) is 0 Å². The lowest BCUT2D eigenvalue weighted by molar-refractivity contribution is -0.161. The number of rotatable bonds is 37. The molecule has 0 bridgehead atoms. The molecule has 0 spiro atoms. The van der Waals surface area contributed by atoms with E-state index in [4.69, 9.17) is 24.8 Å². The number of nitrogens with two attached hydrogens (primary N) is 1. The van der Waals surface area contributed by atoms with Crippen molar-refractivity contribution in [1.82, 2.24) is 0 Å². The summed E-state index contributed by atoms with van der Waals surface area (Å²) >= 11 is 0. The summed E-state index contributed by atoms with van der Waals surface area (Å²) in [6.45, 7) is 2.44. The van der Waals surface area contributed by atoms with Crippen molar-refractivity contribution in [3.63, 3.8) is 0 Å². The number of carbonyl (C=O) groups is 3. The molecule has 3 atom stereocenters. The molecule has 0 aliphatic rings. The largest absolute Gasteiger partial charge is 0.480 e. The normalized spacial score (nSPS) is 14.7. The van der Waals surface area contributed by atoms with Crippen LogP contribution in [-0.2, 0) is 37.5 Å². The molecule has 12 heteroatoms. The molecule has 0 aromatic carbocycles. The number of hydrogen-bond acceptors (Lipinski definition) is 9. The van der Waals surface area contributed by atoms with Crippen LogP contribution in [0, 0.1) is 0 Å². The molecule has 0 rings (SSSR count). The van der Waals surface area contributed by atoms with Gasteiger partial charge >= 0.3 is 25.7 Å². The van der Waals surface area contributed by atoms with Crippen molar-refractivity contribution in [2.24, 2.45) is 5.73 Å². The zero-order valence-electron chi connectivity index (χ0n) is 34.6. The first-order valence-electron chi connectivity index (χ1n) is 20.8. The van der Waals surface area contributed by atoms with E-state index in [1.165, 1.54) is 38.5 Å². The fourth-order valence-corrected chi connectivity index (χ4v) is 5.77. The fourth-order valence-electron chi connectivity index (χ4n) is 4.99. The lowest BCUT2D eigenvalue weighted by Gasteiger charge is -2.20. The Morgan fingerprint density at radius 3 is 1.63 bits per heavy atom. The van der Waals surface area contributed by atoms with E-state index >= 15 is 0 Å². The molecule has 57 heavy (non-hydrogen) atoms. The van der Waals surface area contributed by atoms with E-state index in [-0.39, 0.29) is 19.4 Å². The Balaban J connectivity index is 4.43. The topological polar surface area (TPSA) is 172 Å². The molecule has 0 amide bonds. The number of carbonyl (C=O) groups excluding carboxylic acids is 2. The third-order valence-electron chi connectivity index (χ3n) is 8.21. The lowest BCUT2D eigenvalue weighted by Crippen LogP contribution is -2.34. The predicted molar refractivity (Wildman–Crippen MR) is 230 cm³/mol. The maximum atomic E-state index is 12.6. The summed E-state index contributed by atoms with van der Waals surface area (Å²) in [4.78, 5) is 45.9. The second-order valence-electron chi connectivity index (χ2n) is 13.5. The third-order valence-corrected chi connectivity index (χ3v) is 9.16. The van der Waals surface area contributed by atoms with Gasteiger partial charge in [-0.3, -0.25) is 23.4 Å². The van der Waals surface area contributed by atoms with E-state index in [0.29, 0.717) is 19.3 Å². The first-order chi connectivity index (χ1) is 27.6. The van der Waals surface area contributed by atoms with Crippen LogP contribution in [-0.4, -0.2) is 59.9 Å². The Labute approximate surface area is 343 Å². The number of phosphoric ester groups is 1. The van der Waals surface area contributed by atoms with Gasteiger partial charge in [-0.05, 0) is 57.8 Å². The van der Waals surface area contributed by atoms with Gasteiger partial charge in [-0.15, -0.1) is 0 Å². The van der Waals surface area contributed by atoms with Gasteiger partial charge < -0.3 is 25.2 Å². The Morgan fingerprint density at radius 1 is 0.561 bits per heavy atom. The highest BCUT2D eigenvalue weighted by Gasteiger charge is 2.28. The second kappa shape index (κ2) is 39.2. The minimum Gasteiger partial charge on any atom is -0.480 e. The van der Waals surface area contributed by atoms with E-state index in [1.807, 2.05) is 54.7 Å². The summed E-state index contributed by atoms with van der Waals surface area (Å²) in [5, 5.41) is 8.88. The Kier molecular flexibility index (Phi) is 36.8. The lowest BCUT2D eigenvalue weighted by atomic mass is 10.1. The summed E-state index contributed by atoms with van der Waals surface area (Å²) in [6, 6.07) is -1.54. The maximum absolute atomic E-state index is 12.6. The summed E-state index contributed by atoms with van der Waals surface area (Å²) in [5.74, 6) is -2.49. The molecule has 0 aliphatic carbocycles. The van der Waals surface area contributed by atoms with Crippen molar-refractivity contribution in [2.45, 2.75) is 148 Å². The van der Waals surface area contributed by atoms with Crippen LogP contribution in [0.3, 0.4) is 0 Å².